The second-order valence-electron chi connectivity index (χ2n) is 3.92. The number of nitrogens with zero attached hydrogens (tertiary/aromatic N) is 3. The summed E-state index contributed by atoms with van der Waals surface area (Å²) < 4.78 is 1.67. The zero-order chi connectivity index (χ0) is 12.4. The smallest absolute Gasteiger partial charge is 0.253 e. The highest BCUT2D eigenvalue weighted by atomic mass is 16.2. The summed E-state index contributed by atoms with van der Waals surface area (Å²) in [5, 5.41) is 4.10. The van der Waals surface area contributed by atoms with Crippen LogP contribution < -0.4 is 5.73 Å². The second kappa shape index (κ2) is 4.29. The maximum absolute atomic E-state index is 11.7. The molecule has 5 heteroatoms. The third kappa shape index (κ3) is 2.13. The largest absolute Gasteiger partial charge is 0.397 e. The molecule has 0 aliphatic carbocycles. The summed E-state index contributed by atoms with van der Waals surface area (Å²) in [6.45, 7) is 0. The van der Waals surface area contributed by atoms with Crippen molar-refractivity contribution in [3.63, 3.8) is 0 Å². The van der Waals surface area contributed by atoms with Gasteiger partial charge in [-0.15, -0.1) is 0 Å². The van der Waals surface area contributed by atoms with Gasteiger partial charge in [-0.2, -0.15) is 5.10 Å². The summed E-state index contributed by atoms with van der Waals surface area (Å²) in [7, 11) is 3.42. The maximum Gasteiger partial charge on any atom is 0.253 e. The van der Waals surface area contributed by atoms with Crippen LogP contribution in [0.4, 0.5) is 5.69 Å². The van der Waals surface area contributed by atoms with E-state index >= 15 is 0 Å². The van der Waals surface area contributed by atoms with Gasteiger partial charge in [-0.05, 0) is 24.3 Å². The van der Waals surface area contributed by atoms with Gasteiger partial charge < -0.3 is 10.6 Å². The molecule has 2 rings (SSSR count). The number of amides is 1. The molecule has 0 saturated carbocycles. The molecule has 0 saturated heterocycles. The lowest BCUT2D eigenvalue weighted by atomic mass is 10.1. The number of anilines is 1. The first-order valence-electron chi connectivity index (χ1n) is 5.21. The predicted octanol–water partition coefficient (Wildman–Crippen LogP) is 1.16. The van der Waals surface area contributed by atoms with Gasteiger partial charge in [0.15, 0.2) is 0 Å². The monoisotopic (exact) mass is 230 g/mol. The minimum absolute atomic E-state index is 0.0660. The van der Waals surface area contributed by atoms with Crippen molar-refractivity contribution in [1.29, 1.82) is 0 Å². The number of nitrogens with two attached hydrogens (primary N) is 1. The van der Waals surface area contributed by atoms with E-state index in [1.807, 2.05) is 6.07 Å². The first-order valence-corrected chi connectivity index (χ1v) is 5.21. The van der Waals surface area contributed by atoms with Crippen LogP contribution >= 0.6 is 0 Å². The van der Waals surface area contributed by atoms with E-state index in [9.17, 15) is 4.79 Å². The van der Waals surface area contributed by atoms with Crippen LogP contribution in [0, 0.1) is 0 Å². The zero-order valence-corrected chi connectivity index (χ0v) is 9.79. The van der Waals surface area contributed by atoms with E-state index in [-0.39, 0.29) is 5.91 Å². The van der Waals surface area contributed by atoms with E-state index < -0.39 is 0 Å². The van der Waals surface area contributed by atoms with Crippen LogP contribution in [0.5, 0.6) is 0 Å². The first kappa shape index (κ1) is 11.2. The number of benzene rings is 1. The van der Waals surface area contributed by atoms with Crippen molar-refractivity contribution in [1.82, 2.24) is 14.7 Å². The fourth-order valence-corrected chi connectivity index (χ4v) is 1.57. The van der Waals surface area contributed by atoms with Crippen LogP contribution in [-0.4, -0.2) is 34.7 Å². The van der Waals surface area contributed by atoms with Crippen LogP contribution in [0.15, 0.2) is 36.7 Å². The van der Waals surface area contributed by atoms with Crippen molar-refractivity contribution in [3.05, 3.63) is 42.2 Å². The highest BCUT2D eigenvalue weighted by Crippen LogP contribution is 2.18. The molecule has 0 atom stereocenters. The number of carbonyl (C=O) groups is 1. The molecule has 2 aromatic rings. The average molecular weight is 230 g/mol. The Morgan fingerprint density at radius 1 is 1.41 bits per heavy atom. The lowest BCUT2D eigenvalue weighted by molar-refractivity contribution is 0.0827. The number of hydrogen-bond donors (Lipinski definition) is 1. The number of aromatic nitrogens is 2. The molecule has 0 spiro atoms. The molecule has 1 heterocycles. The van der Waals surface area contributed by atoms with Crippen LogP contribution in [0.2, 0.25) is 0 Å². The summed E-state index contributed by atoms with van der Waals surface area (Å²) in [6.07, 6.45) is 3.48. The van der Waals surface area contributed by atoms with E-state index in [4.69, 9.17) is 5.73 Å². The molecule has 1 aromatic heterocycles. The molecule has 5 nitrogen and oxygen atoms in total. The Kier molecular flexibility index (Phi) is 2.82. The van der Waals surface area contributed by atoms with Crippen molar-refractivity contribution in [3.8, 4) is 5.69 Å². The van der Waals surface area contributed by atoms with Crippen molar-refractivity contribution >= 4 is 11.6 Å². The van der Waals surface area contributed by atoms with Crippen LogP contribution in [0.1, 0.15) is 10.4 Å². The molecular weight excluding hydrogens is 216 g/mol. The number of hydrogen-bond acceptors (Lipinski definition) is 3. The molecule has 0 radical (unpaired) electrons. The molecule has 0 aliphatic rings. The number of nitrogen functional groups attached to an aromatic ring is 1. The summed E-state index contributed by atoms with van der Waals surface area (Å²) in [4.78, 5) is 13.3. The van der Waals surface area contributed by atoms with Crippen molar-refractivity contribution < 1.29 is 4.79 Å². The number of carbonyl (C=O) groups excluding carboxylic acids is 1. The Morgan fingerprint density at radius 2 is 2.18 bits per heavy atom. The molecule has 1 amide bonds. The van der Waals surface area contributed by atoms with Crippen LogP contribution in [0.25, 0.3) is 5.69 Å². The van der Waals surface area contributed by atoms with E-state index in [2.05, 4.69) is 5.10 Å². The van der Waals surface area contributed by atoms with Crippen molar-refractivity contribution in [2.24, 2.45) is 0 Å². The summed E-state index contributed by atoms with van der Waals surface area (Å²) in [6, 6.07) is 7.02. The lowest BCUT2D eigenvalue weighted by Crippen LogP contribution is -2.21. The maximum atomic E-state index is 11.7. The highest BCUT2D eigenvalue weighted by molar-refractivity contribution is 5.95. The van der Waals surface area contributed by atoms with Gasteiger partial charge >= 0.3 is 0 Å². The third-order valence-corrected chi connectivity index (χ3v) is 2.43. The zero-order valence-electron chi connectivity index (χ0n) is 9.79. The quantitative estimate of drug-likeness (QED) is 0.787. The van der Waals surface area contributed by atoms with Crippen LogP contribution in [-0.2, 0) is 0 Å². The van der Waals surface area contributed by atoms with E-state index in [1.165, 1.54) is 4.90 Å². The van der Waals surface area contributed by atoms with Gasteiger partial charge in [-0.3, -0.25) is 4.79 Å². The molecule has 1 aromatic carbocycles. The third-order valence-electron chi connectivity index (χ3n) is 2.43. The number of rotatable bonds is 2. The minimum atomic E-state index is -0.0660. The summed E-state index contributed by atoms with van der Waals surface area (Å²) in [5.74, 6) is -0.0660. The lowest BCUT2D eigenvalue weighted by Gasteiger charge is -2.12. The molecule has 0 bridgehead atoms. The van der Waals surface area contributed by atoms with E-state index in [0.29, 0.717) is 11.3 Å². The van der Waals surface area contributed by atoms with Gasteiger partial charge in [0.1, 0.15) is 0 Å². The Morgan fingerprint density at radius 3 is 2.71 bits per heavy atom. The fraction of sp³-hybridized carbons (Fsp3) is 0.167. The molecule has 0 fully saturated rings. The topological polar surface area (TPSA) is 64.2 Å². The molecular formula is C12H14N4O. The average Bonchev–Trinajstić information content (AvgIpc) is 2.81. The van der Waals surface area contributed by atoms with Gasteiger partial charge in [0.2, 0.25) is 0 Å². The Labute approximate surface area is 99.5 Å². The van der Waals surface area contributed by atoms with Gasteiger partial charge in [0, 0.05) is 32.1 Å². The molecule has 0 unspecified atom stereocenters. The minimum Gasteiger partial charge on any atom is -0.397 e. The first-order chi connectivity index (χ1) is 8.09. The summed E-state index contributed by atoms with van der Waals surface area (Å²) in [5.41, 5.74) is 7.79. The Balaban J connectivity index is 2.39. The van der Waals surface area contributed by atoms with Gasteiger partial charge in [0.05, 0.1) is 11.4 Å². The van der Waals surface area contributed by atoms with Crippen LogP contribution in [0.3, 0.4) is 0 Å². The van der Waals surface area contributed by atoms with E-state index in [0.717, 1.165) is 5.69 Å². The highest BCUT2D eigenvalue weighted by Gasteiger charge is 2.10. The standard InChI is InChI=1S/C12H14N4O/c1-15(2)12(17)9-4-5-11(10(13)8-9)16-7-3-6-14-16/h3-8H,13H2,1-2H3. The second-order valence-corrected chi connectivity index (χ2v) is 3.92. The molecule has 88 valence electrons. The van der Waals surface area contributed by atoms with Crippen molar-refractivity contribution in [2.75, 3.05) is 19.8 Å². The van der Waals surface area contributed by atoms with Gasteiger partial charge in [-0.1, -0.05) is 0 Å². The van der Waals surface area contributed by atoms with Gasteiger partial charge in [0.25, 0.3) is 5.91 Å². The molecule has 0 aliphatic heterocycles. The SMILES string of the molecule is CN(C)C(=O)c1ccc(-n2cccn2)c(N)c1. The normalized spacial score (nSPS) is 10.2. The van der Waals surface area contributed by atoms with Gasteiger partial charge in [-0.25, -0.2) is 4.68 Å². The molecule has 2 N–H and O–H groups in total. The Hall–Kier alpha value is -2.30. The van der Waals surface area contributed by atoms with Crippen molar-refractivity contribution in [2.45, 2.75) is 0 Å². The predicted molar refractivity (Wildman–Crippen MR) is 66.0 cm³/mol. The van der Waals surface area contributed by atoms with E-state index in [1.54, 1.807) is 49.4 Å². The summed E-state index contributed by atoms with van der Waals surface area (Å²) >= 11 is 0. The molecule has 17 heavy (non-hydrogen) atoms. The Bertz CT molecular complexity index is 531. The fourth-order valence-electron chi connectivity index (χ4n) is 1.57.